The topological polar surface area (TPSA) is 90.1 Å². The Balaban J connectivity index is 0. The first-order chi connectivity index (χ1) is 18.0. The number of hydrogen-bond donors (Lipinski definition) is 3. The molecule has 7 heteroatoms. The molecule has 1 aliphatic rings. The normalized spacial score (nSPS) is 14.7. The van der Waals surface area contributed by atoms with E-state index in [4.69, 9.17) is 0 Å². The highest BCUT2D eigenvalue weighted by molar-refractivity contribution is 5.88. The van der Waals surface area contributed by atoms with E-state index in [1.165, 1.54) is 6.42 Å². The maximum Gasteiger partial charge on any atom is 0.243 e. The van der Waals surface area contributed by atoms with E-state index in [9.17, 15) is 9.59 Å². The molecule has 2 amide bonds. The average Bonchev–Trinajstić information content (AvgIpc) is 3.33. The molecule has 0 spiro atoms. The van der Waals surface area contributed by atoms with Gasteiger partial charge in [-0.05, 0) is 57.1 Å². The van der Waals surface area contributed by atoms with E-state index < -0.39 is 6.04 Å². The maximum absolute atomic E-state index is 13.3. The molecule has 0 aliphatic carbocycles. The van der Waals surface area contributed by atoms with Gasteiger partial charge in [0.2, 0.25) is 11.8 Å². The first-order valence-electron chi connectivity index (χ1n) is 14.1. The number of nitrogens with one attached hydrogen (secondary N) is 3. The fourth-order valence-corrected chi connectivity index (χ4v) is 4.10. The molecule has 3 rings (SSSR count). The molecule has 2 aromatic rings. The van der Waals surface area contributed by atoms with Crippen LogP contribution in [-0.2, 0) is 9.59 Å². The quantitative estimate of drug-likeness (QED) is 0.301. The van der Waals surface area contributed by atoms with Crippen molar-refractivity contribution in [1.29, 1.82) is 0 Å². The van der Waals surface area contributed by atoms with Crippen molar-refractivity contribution >= 4 is 22.8 Å². The number of carbonyl (C=O) groups excluding carboxylic acids is 2. The number of aromatic nitrogens is 2. The molecule has 2 heterocycles. The highest BCUT2D eigenvalue weighted by atomic mass is 16.2. The monoisotopic (exact) mass is 529 g/mol. The van der Waals surface area contributed by atoms with E-state index in [0.717, 1.165) is 49.1 Å². The van der Waals surface area contributed by atoms with Crippen LogP contribution in [0.3, 0.4) is 0 Å². The number of imidazole rings is 1. The second-order valence-corrected chi connectivity index (χ2v) is 10.8. The van der Waals surface area contributed by atoms with Crippen LogP contribution in [0.1, 0.15) is 102 Å². The Hall–Kier alpha value is -3.09. The Kier molecular flexibility index (Phi) is 14.5. The van der Waals surface area contributed by atoms with Gasteiger partial charge in [0.05, 0.1) is 17.1 Å². The third-order valence-electron chi connectivity index (χ3n) is 6.17. The summed E-state index contributed by atoms with van der Waals surface area (Å²) in [6.45, 7) is 23.6. The molecule has 216 valence electrons. The van der Waals surface area contributed by atoms with Gasteiger partial charge in [0, 0.05) is 34.5 Å². The summed E-state index contributed by atoms with van der Waals surface area (Å²) in [5, 5.41) is 6.01. The number of nitrogens with zero attached hydrogens (tertiary/aromatic N) is 2. The zero-order valence-electron chi connectivity index (χ0n) is 24.8. The Labute approximate surface area is 233 Å². The summed E-state index contributed by atoms with van der Waals surface area (Å²) in [5.41, 5.74) is 2.75. The van der Waals surface area contributed by atoms with Gasteiger partial charge in [0.1, 0.15) is 11.9 Å². The van der Waals surface area contributed by atoms with Gasteiger partial charge in [0.25, 0.3) is 0 Å². The smallest absolute Gasteiger partial charge is 0.243 e. The van der Waals surface area contributed by atoms with E-state index in [-0.39, 0.29) is 26.1 Å². The first kappa shape index (κ1) is 32.9. The van der Waals surface area contributed by atoms with Gasteiger partial charge in [-0.1, -0.05) is 59.4 Å². The average molecular weight is 530 g/mol. The molecule has 0 unspecified atom stereocenters. The van der Waals surface area contributed by atoms with E-state index in [0.29, 0.717) is 18.7 Å². The molecule has 38 heavy (non-hydrogen) atoms. The lowest BCUT2D eigenvalue weighted by atomic mass is 9.90. The van der Waals surface area contributed by atoms with Gasteiger partial charge < -0.3 is 20.5 Å². The minimum atomic E-state index is -0.668. The first-order valence-corrected chi connectivity index (χ1v) is 14.1. The third kappa shape index (κ3) is 11.5. The van der Waals surface area contributed by atoms with Gasteiger partial charge in [-0.3, -0.25) is 9.59 Å². The highest BCUT2D eigenvalue weighted by Crippen LogP contribution is 2.22. The predicted molar refractivity (Wildman–Crippen MR) is 164 cm³/mol. The van der Waals surface area contributed by atoms with E-state index >= 15 is 0 Å². The number of hydrogen-bond acceptors (Lipinski definition) is 4. The molecule has 0 bridgehead atoms. The summed E-state index contributed by atoms with van der Waals surface area (Å²) in [6.07, 6.45) is 6.80. The van der Waals surface area contributed by atoms with Gasteiger partial charge in [0.15, 0.2) is 0 Å². The number of amides is 2. The summed E-state index contributed by atoms with van der Waals surface area (Å²) in [6, 6.07) is 6.79. The molecule has 1 aliphatic heterocycles. The molecular weight excluding hydrogens is 474 g/mol. The van der Waals surface area contributed by atoms with Crippen LogP contribution in [0.15, 0.2) is 49.2 Å². The van der Waals surface area contributed by atoms with Crippen molar-refractivity contribution in [3.63, 3.8) is 0 Å². The Bertz CT molecular complexity index is 993. The minimum absolute atomic E-state index is 0. The largest absolute Gasteiger partial charge is 0.375 e. The van der Waals surface area contributed by atoms with Crippen LogP contribution in [0, 0.1) is 5.41 Å². The number of carbonyl (C=O) groups is 2. The SMILES string of the molecule is C=C(C[C@H](NC(=O)CCC(C)(C)C)C(=O)N[C@@H](C)c1nc2ccccc2[nH]1)N1CCCCC1.C=CC.CC.[HH].[HH]. The molecule has 2 atom stereocenters. The Morgan fingerprint density at radius 2 is 1.76 bits per heavy atom. The molecule has 0 radical (unpaired) electrons. The van der Waals surface area contributed by atoms with E-state index in [1.54, 1.807) is 6.08 Å². The number of para-hydroxylation sites is 2. The summed E-state index contributed by atoms with van der Waals surface area (Å²) < 4.78 is 0. The summed E-state index contributed by atoms with van der Waals surface area (Å²) in [5.74, 6) is 0.371. The number of rotatable bonds is 9. The maximum atomic E-state index is 13.3. The number of H-pyrrole nitrogens is 1. The summed E-state index contributed by atoms with van der Waals surface area (Å²) in [4.78, 5) is 36.1. The second kappa shape index (κ2) is 16.7. The zero-order valence-corrected chi connectivity index (χ0v) is 24.8. The lowest BCUT2D eigenvalue weighted by molar-refractivity contribution is -0.129. The van der Waals surface area contributed by atoms with Crippen molar-refractivity contribution in [3.8, 4) is 0 Å². The molecule has 1 aromatic heterocycles. The molecule has 1 fully saturated rings. The second-order valence-electron chi connectivity index (χ2n) is 10.8. The van der Waals surface area contributed by atoms with Gasteiger partial charge in [-0.15, -0.1) is 6.58 Å². The summed E-state index contributed by atoms with van der Waals surface area (Å²) >= 11 is 0. The van der Waals surface area contributed by atoms with Crippen LogP contribution in [0.25, 0.3) is 11.0 Å². The number of benzene rings is 1. The third-order valence-corrected chi connectivity index (χ3v) is 6.17. The lowest BCUT2D eigenvalue weighted by Gasteiger charge is -2.32. The predicted octanol–water partition coefficient (Wildman–Crippen LogP) is 7.15. The van der Waals surface area contributed by atoms with E-state index in [2.05, 4.69) is 59.4 Å². The van der Waals surface area contributed by atoms with Crippen LogP contribution < -0.4 is 10.6 Å². The van der Waals surface area contributed by atoms with Crippen molar-refractivity contribution in [2.75, 3.05) is 13.1 Å². The molecule has 1 aromatic carbocycles. The molecule has 0 saturated carbocycles. The fraction of sp³-hybridized carbons (Fsp3) is 0.581. The molecule has 7 nitrogen and oxygen atoms in total. The van der Waals surface area contributed by atoms with Crippen molar-refractivity contribution < 1.29 is 12.4 Å². The van der Waals surface area contributed by atoms with E-state index in [1.807, 2.05) is 52.0 Å². The van der Waals surface area contributed by atoms with Crippen LogP contribution >= 0.6 is 0 Å². The number of fused-ring (bicyclic) bond motifs is 1. The summed E-state index contributed by atoms with van der Waals surface area (Å²) in [7, 11) is 0. The zero-order chi connectivity index (χ0) is 28.7. The van der Waals surface area contributed by atoms with Crippen molar-refractivity contribution in [1.82, 2.24) is 25.5 Å². The van der Waals surface area contributed by atoms with Crippen LogP contribution in [0.2, 0.25) is 0 Å². The van der Waals surface area contributed by atoms with Crippen LogP contribution in [-0.4, -0.2) is 45.8 Å². The van der Waals surface area contributed by atoms with Crippen LogP contribution in [0.5, 0.6) is 0 Å². The number of likely N-dealkylation sites (tertiary alicyclic amines) is 1. The van der Waals surface area contributed by atoms with Gasteiger partial charge in [-0.2, -0.15) is 0 Å². The van der Waals surface area contributed by atoms with Gasteiger partial charge >= 0.3 is 0 Å². The van der Waals surface area contributed by atoms with Crippen molar-refractivity contribution in [2.24, 2.45) is 5.41 Å². The van der Waals surface area contributed by atoms with Crippen LogP contribution in [0.4, 0.5) is 0 Å². The number of piperidine rings is 1. The van der Waals surface area contributed by atoms with Crippen molar-refractivity contribution in [3.05, 3.63) is 55.0 Å². The fourth-order valence-electron chi connectivity index (χ4n) is 4.10. The molecular formula is C31H55N5O2. The van der Waals surface area contributed by atoms with Crippen molar-refractivity contribution in [2.45, 2.75) is 99.1 Å². The number of allylic oxidation sites excluding steroid dienone is 1. The molecule has 1 saturated heterocycles. The van der Waals surface area contributed by atoms with Gasteiger partial charge in [-0.25, -0.2) is 4.98 Å². The minimum Gasteiger partial charge on any atom is -0.375 e. The highest BCUT2D eigenvalue weighted by Gasteiger charge is 2.26. The number of aromatic amines is 1. The Morgan fingerprint density at radius 1 is 1.16 bits per heavy atom. The lowest BCUT2D eigenvalue weighted by Crippen LogP contribution is -2.48. The molecule has 3 N–H and O–H groups in total. The standard InChI is InChI=1S/C26H39N5O2.C3H6.C2H6.2H2/c1-18(31-15-9-6-10-16-31)17-22(28-23(32)13-14-26(3,4)5)25(33)27-19(2)24-29-20-11-7-8-12-21(20)30-24;1-3-2;1-2;;/h7-8,11-12,19,22H,1,6,9-10,13-17H2,2-5H3,(H,27,33)(H,28,32)(H,29,30);3H,1H2,2H3;1-2H3;2*1H/t19-,22-;;;;/m0..../s1. The Morgan fingerprint density at radius 3 is 2.34 bits per heavy atom.